The smallest absolute Gasteiger partial charge is 0.000747 e. The predicted molar refractivity (Wildman–Crippen MR) is 52.1 cm³/mol. The molecule has 0 spiro atoms. The molecule has 0 amide bonds. The standard InChI is InChI=1S/C11H21N/c1-11(8-12-2,10-6-7-10)9-4-3-5-9/h9-10,12H,3-8H2,1-2H3. The first-order valence-electron chi connectivity index (χ1n) is 5.42. The van der Waals surface area contributed by atoms with Gasteiger partial charge in [0.1, 0.15) is 0 Å². The van der Waals surface area contributed by atoms with Crippen LogP contribution < -0.4 is 5.32 Å². The van der Waals surface area contributed by atoms with Crippen molar-refractivity contribution in [3.63, 3.8) is 0 Å². The van der Waals surface area contributed by atoms with Gasteiger partial charge in [-0.3, -0.25) is 0 Å². The summed E-state index contributed by atoms with van der Waals surface area (Å²) < 4.78 is 0. The van der Waals surface area contributed by atoms with Crippen molar-refractivity contribution in [2.24, 2.45) is 17.3 Å². The van der Waals surface area contributed by atoms with Gasteiger partial charge in [0.15, 0.2) is 0 Å². The average Bonchev–Trinajstić information content (AvgIpc) is 2.62. The lowest BCUT2D eigenvalue weighted by molar-refractivity contribution is 0.0782. The van der Waals surface area contributed by atoms with Crippen LogP contribution in [0, 0.1) is 17.3 Å². The monoisotopic (exact) mass is 167 g/mol. The van der Waals surface area contributed by atoms with Gasteiger partial charge in [-0.25, -0.2) is 0 Å². The van der Waals surface area contributed by atoms with E-state index in [1.54, 1.807) is 0 Å². The summed E-state index contributed by atoms with van der Waals surface area (Å²) in [6, 6.07) is 0. The van der Waals surface area contributed by atoms with Crippen LogP contribution in [0.3, 0.4) is 0 Å². The molecule has 2 saturated carbocycles. The molecule has 0 aromatic carbocycles. The molecule has 2 fully saturated rings. The minimum absolute atomic E-state index is 0.646. The zero-order valence-corrected chi connectivity index (χ0v) is 8.40. The van der Waals surface area contributed by atoms with E-state index in [0.29, 0.717) is 5.41 Å². The van der Waals surface area contributed by atoms with Crippen molar-refractivity contribution in [1.82, 2.24) is 5.32 Å². The highest BCUT2D eigenvalue weighted by molar-refractivity contribution is 4.98. The Labute approximate surface area is 75.9 Å². The van der Waals surface area contributed by atoms with Crippen LogP contribution in [0.15, 0.2) is 0 Å². The van der Waals surface area contributed by atoms with E-state index in [9.17, 15) is 0 Å². The molecule has 1 N–H and O–H groups in total. The summed E-state index contributed by atoms with van der Waals surface area (Å²) in [5.41, 5.74) is 0.646. The molecular weight excluding hydrogens is 146 g/mol. The molecule has 1 heteroatoms. The normalized spacial score (nSPS) is 29.5. The Hall–Kier alpha value is -0.0400. The summed E-state index contributed by atoms with van der Waals surface area (Å²) in [5.74, 6) is 2.09. The first-order chi connectivity index (χ1) is 5.77. The summed E-state index contributed by atoms with van der Waals surface area (Å²) in [6.07, 6.45) is 7.46. The van der Waals surface area contributed by atoms with E-state index in [-0.39, 0.29) is 0 Å². The van der Waals surface area contributed by atoms with Crippen molar-refractivity contribution in [3.8, 4) is 0 Å². The van der Waals surface area contributed by atoms with Crippen LogP contribution in [-0.2, 0) is 0 Å². The van der Waals surface area contributed by atoms with Crippen molar-refractivity contribution >= 4 is 0 Å². The molecule has 0 heterocycles. The minimum Gasteiger partial charge on any atom is -0.319 e. The highest BCUT2D eigenvalue weighted by Crippen LogP contribution is 2.54. The van der Waals surface area contributed by atoms with Crippen LogP contribution in [0.1, 0.15) is 39.0 Å². The van der Waals surface area contributed by atoms with Gasteiger partial charge in [0.25, 0.3) is 0 Å². The topological polar surface area (TPSA) is 12.0 Å². The van der Waals surface area contributed by atoms with E-state index in [0.717, 1.165) is 11.8 Å². The van der Waals surface area contributed by atoms with Crippen LogP contribution in [-0.4, -0.2) is 13.6 Å². The van der Waals surface area contributed by atoms with E-state index in [4.69, 9.17) is 0 Å². The molecule has 0 bridgehead atoms. The van der Waals surface area contributed by atoms with E-state index < -0.39 is 0 Å². The van der Waals surface area contributed by atoms with Crippen LogP contribution >= 0.6 is 0 Å². The largest absolute Gasteiger partial charge is 0.319 e. The van der Waals surface area contributed by atoms with Gasteiger partial charge in [-0.1, -0.05) is 13.3 Å². The van der Waals surface area contributed by atoms with Gasteiger partial charge in [0.05, 0.1) is 0 Å². The van der Waals surface area contributed by atoms with Gasteiger partial charge in [0, 0.05) is 6.54 Å². The van der Waals surface area contributed by atoms with Crippen LogP contribution in [0.25, 0.3) is 0 Å². The quantitative estimate of drug-likeness (QED) is 0.678. The van der Waals surface area contributed by atoms with Gasteiger partial charge in [-0.2, -0.15) is 0 Å². The van der Waals surface area contributed by atoms with Crippen LogP contribution in [0.4, 0.5) is 0 Å². The Kier molecular flexibility index (Phi) is 2.16. The van der Waals surface area contributed by atoms with Crippen molar-refractivity contribution in [2.75, 3.05) is 13.6 Å². The Balaban J connectivity index is 1.98. The fourth-order valence-electron chi connectivity index (χ4n) is 2.81. The molecule has 0 aliphatic heterocycles. The molecule has 0 aromatic rings. The lowest BCUT2D eigenvalue weighted by Crippen LogP contribution is -2.41. The fraction of sp³-hybridized carbons (Fsp3) is 1.00. The summed E-state index contributed by atoms with van der Waals surface area (Å²) in [5, 5.41) is 3.38. The van der Waals surface area contributed by atoms with E-state index >= 15 is 0 Å². The second-order valence-electron chi connectivity index (χ2n) is 4.94. The number of nitrogens with one attached hydrogen (secondary N) is 1. The lowest BCUT2D eigenvalue weighted by atomic mass is 9.63. The highest BCUT2D eigenvalue weighted by Gasteiger charge is 2.47. The van der Waals surface area contributed by atoms with Gasteiger partial charge in [-0.15, -0.1) is 0 Å². The Morgan fingerprint density at radius 3 is 2.08 bits per heavy atom. The second-order valence-corrected chi connectivity index (χ2v) is 4.94. The van der Waals surface area contributed by atoms with Gasteiger partial charge in [0.2, 0.25) is 0 Å². The molecule has 0 saturated heterocycles. The summed E-state index contributed by atoms with van der Waals surface area (Å²) in [6.45, 7) is 3.74. The number of rotatable bonds is 4. The predicted octanol–water partition coefficient (Wildman–Crippen LogP) is 2.42. The van der Waals surface area contributed by atoms with E-state index in [1.165, 1.54) is 38.6 Å². The first-order valence-corrected chi connectivity index (χ1v) is 5.42. The number of hydrogen-bond donors (Lipinski definition) is 1. The van der Waals surface area contributed by atoms with Gasteiger partial charge in [-0.05, 0) is 50.0 Å². The van der Waals surface area contributed by atoms with E-state index in [2.05, 4.69) is 19.3 Å². The summed E-state index contributed by atoms with van der Waals surface area (Å²) in [4.78, 5) is 0. The lowest BCUT2D eigenvalue weighted by Gasteiger charge is -2.43. The zero-order chi connectivity index (χ0) is 8.60. The molecule has 0 radical (unpaired) electrons. The highest BCUT2D eigenvalue weighted by atomic mass is 14.8. The third-order valence-electron chi connectivity index (χ3n) is 4.11. The molecule has 1 unspecified atom stereocenters. The molecular formula is C11H21N. The minimum atomic E-state index is 0.646. The molecule has 0 aromatic heterocycles. The maximum absolute atomic E-state index is 3.38. The molecule has 2 aliphatic carbocycles. The van der Waals surface area contributed by atoms with Crippen molar-refractivity contribution < 1.29 is 0 Å². The molecule has 2 aliphatic rings. The molecule has 1 nitrogen and oxygen atoms in total. The number of hydrogen-bond acceptors (Lipinski definition) is 1. The Bertz CT molecular complexity index is 158. The van der Waals surface area contributed by atoms with E-state index in [1.807, 2.05) is 0 Å². The van der Waals surface area contributed by atoms with Gasteiger partial charge < -0.3 is 5.32 Å². The summed E-state index contributed by atoms with van der Waals surface area (Å²) >= 11 is 0. The molecule has 12 heavy (non-hydrogen) atoms. The van der Waals surface area contributed by atoms with Crippen LogP contribution in [0.2, 0.25) is 0 Å². The molecule has 2 rings (SSSR count). The Morgan fingerprint density at radius 1 is 1.17 bits per heavy atom. The second kappa shape index (κ2) is 3.02. The van der Waals surface area contributed by atoms with Crippen molar-refractivity contribution in [3.05, 3.63) is 0 Å². The maximum atomic E-state index is 3.38. The third kappa shape index (κ3) is 1.28. The maximum Gasteiger partial charge on any atom is 0.000747 e. The fourth-order valence-corrected chi connectivity index (χ4v) is 2.81. The Morgan fingerprint density at radius 2 is 1.75 bits per heavy atom. The van der Waals surface area contributed by atoms with Crippen molar-refractivity contribution in [1.29, 1.82) is 0 Å². The average molecular weight is 167 g/mol. The van der Waals surface area contributed by atoms with Crippen LogP contribution in [0.5, 0.6) is 0 Å². The van der Waals surface area contributed by atoms with Gasteiger partial charge >= 0.3 is 0 Å². The first kappa shape index (κ1) is 8.55. The SMILES string of the molecule is CNCC(C)(C1CCC1)C1CC1. The summed E-state index contributed by atoms with van der Waals surface area (Å²) in [7, 11) is 2.10. The van der Waals surface area contributed by atoms with Crippen molar-refractivity contribution in [2.45, 2.75) is 39.0 Å². The zero-order valence-electron chi connectivity index (χ0n) is 8.40. The molecule has 70 valence electrons. The third-order valence-corrected chi connectivity index (χ3v) is 4.11. The molecule has 1 atom stereocenters.